The Labute approximate surface area is 216 Å². The first-order valence-electron chi connectivity index (χ1n) is 14.7. The third-order valence-electron chi connectivity index (χ3n) is 6.92. The molecule has 1 aromatic carbocycles. The number of aryl methyl sites for hydroxylation is 2. The van der Waals surface area contributed by atoms with Crippen LogP contribution in [0.5, 0.6) is 0 Å². The van der Waals surface area contributed by atoms with E-state index in [0.717, 1.165) is 37.8 Å². The van der Waals surface area contributed by atoms with Crippen molar-refractivity contribution in [3.05, 3.63) is 29.3 Å². The number of carbonyl (C=O) groups is 2. The summed E-state index contributed by atoms with van der Waals surface area (Å²) in [5, 5.41) is 3.20. The van der Waals surface area contributed by atoms with Crippen LogP contribution in [0.4, 0.5) is 5.69 Å². The van der Waals surface area contributed by atoms with Crippen molar-refractivity contribution in [2.75, 3.05) is 5.32 Å². The van der Waals surface area contributed by atoms with Crippen molar-refractivity contribution in [1.82, 2.24) is 0 Å². The van der Waals surface area contributed by atoms with Gasteiger partial charge in [-0.3, -0.25) is 9.59 Å². The van der Waals surface area contributed by atoms with Crippen molar-refractivity contribution in [2.24, 2.45) is 5.73 Å². The maximum atomic E-state index is 12.5. The van der Waals surface area contributed by atoms with Gasteiger partial charge in [0.1, 0.15) is 0 Å². The van der Waals surface area contributed by atoms with Crippen LogP contribution in [-0.4, -0.2) is 11.8 Å². The van der Waals surface area contributed by atoms with Crippen LogP contribution in [0.1, 0.15) is 146 Å². The van der Waals surface area contributed by atoms with Gasteiger partial charge >= 0.3 is 0 Å². The van der Waals surface area contributed by atoms with E-state index in [4.69, 9.17) is 5.73 Å². The van der Waals surface area contributed by atoms with Gasteiger partial charge in [0.15, 0.2) is 0 Å². The zero-order chi connectivity index (χ0) is 25.6. The van der Waals surface area contributed by atoms with Gasteiger partial charge in [0, 0.05) is 18.5 Å². The van der Waals surface area contributed by atoms with Crippen LogP contribution in [-0.2, 0) is 16.0 Å². The number of primary amides is 1. The molecule has 0 aromatic heterocycles. The number of rotatable bonds is 23. The number of unbranched alkanes of at least 4 members (excludes halogenated alkanes) is 16. The molecule has 0 saturated carbocycles. The van der Waals surface area contributed by atoms with Crippen LogP contribution < -0.4 is 11.1 Å². The summed E-state index contributed by atoms with van der Waals surface area (Å²) in [6.45, 7) is 4.35. The van der Waals surface area contributed by atoms with Gasteiger partial charge in [-0.25, -0.2) is 0 Å². The zero-order valence-corrected chi connectivity index (χ0v) is 23.0. The van der Waals surface area contributed by atoms with Crippen molar-refractivity contribution in [3.8, 4) is 0 Å². The molecule has 200 valence electrons. The quantitative estimate of drug-likeness (QED) is 0.152. The molecule has 4 heteroatoms. The normalized spacial score (nSPS) is 11.0. The number of anilines is 1. The first-order chi connectivity index (χ1) is 17.0. The van der Waals surface area contributed by atoms with E-state index in [1.165, 1.54) is 101 Å². The number of amides is 2. The van der Waals surface area contributed by atoms with Crippen LogP contribution >= 0.6 is 0 Å². The zero-order valence-electron chi connectivity index (χ0n) is 23.0. The van der Waals surface area contributed by atoms with Crippen molar-refractivity contribution in [2.45, 2.75) is 149 Å². The van der Waals surface area contributed by atoms with Gasteiger partial charge in [0.2, 0.25) is 11.8 Å². The lowest BCUT2D eigenvalue weighted by Gasteiger charge is -2.12. The number of benzene rings is 1. The van der Waals surface area contributed by atoms with Crippen molar-refractivity contribution < 1.29 is 9.59 Å². The van der Waals surface area contributed by atoms with E-state index in [9.17, 15) is 9.59 Å². The van der Waals surface area contributed by atoms with E-state index in [1.807, 2.05) is 0 Å². The molecule has 0 bridgehead atoms. The number of carbonyl (C=O) groups excluding carboxylic acids is 2. The molecule has 1 rings (SSSR count). The Kier molecular flexibility index (Phi) is 19.1. The summed E-state index contributed by atoms with van der Waals surface area (Å²) in [4.78, 5) is 23.3. The first-order valence-corrected chi connectivity index (χ1v) is 14.7. The molecule has 3 N–H and O–H groups in total. The molecule has 1 aromatic rings. The lowest BCUT2D eigenvalue weighted by Crippen LogP contribution is -2.13. The topological polar surface area (TPSA) is 72.2 Å². The summed E-state index contributed by atoms with van der Waals surface area (Å²) in [6, 6.07) is 6.47. The second-order valence-corrected chi connectivity index (χ2v) is 10.4. The third kappa shape index (κ3) is 18.1. The molecule has 4 nitrogen and oxygen atoms in total. The van der Waals surface area contributed by atoms with Crippen molar-refractivity contribution in [3.63, 3.8) is 0 Å². The van der Waals surface area contributed by atoms with Crippen LogP contribution in [0.25, 0.3) is 0 Å². The van der Waals surface area contributed by atoms with Gasteiger partial charge < -0.3 is 11.1 Å². The molecule has 0 heterocycles. The Bertz CT molecular complexity index is 687. The summed E-state index contributed by atoms with van der Waals surface area (Å²) in [7, 11) is 0. The van der Waals surface area contributed by atoms with Gasteiger partial charge in [-0.05, 0) is 49.8 Å². The van der Waals surface area contributed by atoms with E-state index < -0.39 is 0 Å². The highest BCUT2D eigenvalue weighted by atomic mass is 16.1. The second-order valence-electron chi connectivity index (χ2n) is 10.4. The van der Waals surface area contributed by atoms with E-state index in [2.05, 4.69) is 37.4 Å². The maximum absolute atomic E-state index is 12.5. The Morgan fingerprint density at radius 3 is 1.71 bits per heavy atom. The molecule has 0 radical (unpaired) electrons. The Morgan fingerprint density at radius 2 is 1.17 bits per heavy atom. The SMILES string of the molecule is CCCCCCCCCCCC(=O)Nc1cc(C)ccc1CCCCCCCCCCCC(N)=O. The van der Waals surface area contributed by atoms with Crippen molar-refractivity contribution in [1.29, 1.82) is 0 Å². The summed E-state index contributed by atoms with van der Waals surface area (Å²) in [5.74, 6) is -0.0178. The summed E-state index contributed by atoms with van der Waals surface area (Å²) >= 11 is 0. The van der Waals surface area contributed by atoms with Crippen LogP contribution in [0, 0.1) is 6.92 Å². The average molecular weight is 487 g/mol. The summed E-state index contributed by atoms with van der Waals surface area (Å²) in [5.41, 5.74) is 8.65. The number of nitrogens with two attached hydrogens (primary N) is 1. The lowest BCUT2D eigenvalue weighted by molar-refractivity contribution is -0.118. The molecule has 0 saturated heterocycles. The molecule has 0 aliphatic carbocycles. The Morgan fingerprint density at radius 1 is 0.686 bits per heavy atom. The smallest absolute Gasteiger partial charge is 0.224 e. The fraction of sp³-hybridized carbons (Fsp3) is 0.742. The number of hydrogen-bond donors (Lipinski definition) is 2. The van der Waals surface area contributed by atoms with E-state index >= 15 is 0 Å². The number of hydrogen-bond acceptors (Lipinski definition) is 2. The van der Waals surface area contributed by atoms with Gasteiger partial charge in [-0.2, -0.15) is 0 Å². The van der Waals surface area contributed by atoms with E-state index in [1.54, 1.807) is 0 Å². The lowest BCUT2D eigenvalue weighted by atomic mass is 10.0. The average Bonchev–Trinajstić information content (AvgIpc) is 2.82. The van der Waals surface area contributed by atoms with Gasteiger partial charge in [0.25, 0.3) is 0 Å². The third-order valence-corrected chi connectivity index (χ3v) is 6.92. The highest BCUT2D eigenvalue weighted by Gasteiger charge is 2.08. The largest absolute Gasteiger partial charge is 0.370 e. The fourth-order valence-corrected chi connectivity index (χ4v) is 4.69. The highest BCUT2D eigenvalue weighted by molar-refractivity contribution is 5.91. The molecular formula is C31H54N2O2. The predicted molar refractivity (Wildman–Crippen MR) is 151 cm³/mol. The van der Waals surface area contributed by atoms with Crippen molar-refractivity contribution >= 4 is 17.5 Å². The van der Waals surface area contributed by atoms with Gasteiger partial charge in [0.05, 0.1) is 0 Å². The molecular weight excluding hydrogens is 432 g/mol. The minimum absolute atomic E-state index is 0.163. The molecule has 0 fully saturated rings. The Balaban J connectivity index is 2.16. The fourth-order valence-electron chi connectivity index (χ4n) is 4.69. The molecule has 0 spiro atoms. The first kappa shape index (κ1) is 31.2. The summed E-state index contributed by atoms with van der Waals surface area (Å²) in [6.07, 6.45) is 24.4. The van der Waals surface area contributed by atoms with E-state index in [-0.39, 0.29) is 11.8 Å². The van der Waals surface area contributed by atoms with Gasteiger partial charge in [-0.1, -0.05) is 115 Å². The van der Waals surface area contributed by atoms with Crippen LogP contribution in [0.15, 0.2) is 18.2 Å². The van der Waals surface area contributed by atoms with Crippen LogP contribution in [0.2, 0.25) is 0 Å². The summed E-state index contributed by atoms with van der Waals surface area (Å²) < 4.78 is 0. The highest BCUT2D eigenvalue weighted by Crippen LogP contribution is 2.21. The predicted octanol–water partition coefficient (Wildman–Crippen LogP) is 8.78. The molecule has 35 heavy (non-hydrogen) atoms. The van der Waals surface area contributed by atoms with Crippen LogP contribution in [0.3, 0.4) is 0 Å². The van der Waals surface area contributed by atoms with E-state index in [0.29, 0.717) is 12.8 Å². The number of nitrogens with one attached hydrogen (secondary N) is 1. The maximum Gasteiger partial charge on any atom is 0.224 e. The molecule has 0 atom stereocenters. The van der Waals surface area contributed by atoms with Gasteiger partial charge in [-0.15, -0.1) is 0 Å². The monoisotopic (exact) mass is 486 g/mol. The Hall–Kier alpha value is -1.84. The molecule has 0 aliphatic rings. The minimum Gasteiger partial charge on any atom is -0.370 e. The standard InChI is InChI=1S/C31H54N2O2/c1-3-4-5-6-7-9-14-17-20-23-31(35)33-29-26-27(2)24-25-28(29)21-18-15-12-10-8-11-13-16-19-22-30(32)34/h24-26H,3-23H2,1-2H3,(H2,32,34)(H,33,35). The molecule has 0 unspecified atom stereocenters. The molecule has 0 aliphatic heterocycles. The minimum atomic E-state index is -0.180. The second kappa shape index (κ2) is 21.4. The molecule has 2 amide bonds.